The second-order valence-electron chi connectivity index (χ2n) is 7.33. The number of nitrogens with zero attached hydrogens (tertiary/aromatic N) is 2. The minimum atomic E-state index is -0.464. The molecule has 1 atom stereocenters. The molecule has 2 aromatic carbocycles. The monoisotopic (exact) mass is 433 g/mol. The van der Waals surface area contributed by atoms with Crippen LogP contribution in [0.25, 0.3) is 0 Å². The summed E-state index contributed by atoms with van der Waals surface area (Å²) >= 11 is 12.4. The molecule has 29 heavy (non-hydrogen) atoms. The number of halogens is 2. The largest absolute Gasteiger partial charge is 0.340 e. The van der Waals surface area contributed by atoms with E-state index in [9.17, 15) is 9.59 Å². The van der Waals surface area contributed by atoms with Gasteiger partial charge in [-0.1, -0.05) is 41.4 Å². The molecule has 0 radical (unpaired) electrons. The van der Waals surface area contributed by atoms with Gasteiger partial charge in [-0.05, 0) is 36.8 Å². The Labute approximate surface area is 181 Å². The molecule has 1 saturated heterocycles. The molecular formula is C22H25Cl2N3O2. The lowest BCUT2D eigenvalue weighted by atomic mass is 10.00. The van der Waals surface area contributed by atoms with E-state index in [1.807, 2.05) is 29.2 Å². The molecule has 0 aromatic heterocycles. The van der Waals surface area contributed by atoms with Crippen molar-refractivity contribution in [1.29, 1.82) is 0 Å². The Balaban J connectivity index is 1.56. The highest BCUT2D eigenvalue weighted by Crippen LogP contribution is 2.32. The van der Waals surface area contributed by atoms with Gasteiger partial charge in [0.15, 0.2) is 0 Å². The standard InChI is InChI=1S/C22H25Cl2N3O2/c1-15(21-19(23)4-3-5-20(21)24)22(29)25-18-8-6-17(7-9-18)14-26-10-12-27(13-11-26)16(2)28/h3-9,15H,10-14H2,1-2H3,(H,25,29). The molecule has 0 saturated carbocycles. The third kappa shape index (κ3) is 5.50. The highest BCUT2D eigenvalue weighted by molar-refractivity contribution is 6.36. The molecule has 0 aliphatic carbocycles. The summed E-state index contributed by atoms with van der Waals surface area (Å²) in [6, 6.07) is 13.1. The zero-order valence-electron chi connectivity index (χ0n) is 16.6. The first-order valence-electron chi connectivity index (χ1n) is 9.66. The van der Waals surface area contributed by atoms with E-state index in [2.05, 4.69) is 10.2 Å². The Hall–Kier alpha value is -2.08. The molecule has 2 aromatic rings. The molecule has 0 spiro atoms. The number of rotatable bonds is 5. The number of nitrogens with one attached hydrogen (secondary N) is 1. The van der Waals surface area contributed by atoms with Gasteiger partial charge in [0.05, 0.1) is 5.92 Å². The van der Waals surface area contributed by atoms with Crippen LogP contribution in [-0.4, -0.2) is 47.8 Å². The lowest BCUT2D eigenvalue weighted by Crippen LogP contribution is -2.47. The van der Waals surface area contributed by atoms with Gasteiger partial charge in [-0.3, -0.25) is 14.5 Å². The fourth-order valence-electron chi connectivity index (χ4n) is 3.48. The Kier molecular flexibility index (Phi) is 7.17. The minimum absolute atomic E-state index is 0.136. The molecule has 1 aliphatic heterocycles. The van der Waals surface area contributed by atoms with Crippen molar-refractivity contribution in [2.24, 2.45) is 0 Å². The van der Waals surface area contributed by atoms with Crippen LogP contribution in [0.1, 0.15) is 30.9 Å². The van der Waals surface area contributed by atoms with Gasteiger partial charge in [0.2, 0.25) is 11.8 Å². The first-order valence-corrected chi connectivity index (χ1v) is 10.4. The second kappa shape index (κ2) is 9.61. The summed E-state index contributed by atoms with van der Waals surface area (Å²) in [6.07, 6.45) is 0. The van der Waals surface area contributed by atoms with Crippen molar-refractivity contribution in [2.45, 2.75) is 26.3 Å². The van der Waals surface area contributed by atoms with E-state index in [-0.39, 0.29) is 11.8 Å². The van der Waals surface area contributed by atoms with E-state index >= 15 is 0 Å². The molecule has 1 N–H and O–H groups in total. The van der Waals surface area contributed by atoms with Crippen LogP contribution in [0.2, 0.25) is 10.0 Å². The summed E-state index contributed by atoms with van der Waals surface area (Å²) in [4.78, 5) is 28.3. The summed E-state index contributed by atoms with van der Waals surface area (Å²) < 4.78 is 0. The first kappa shape index (κ1) is 21.6. The van der Waals surface area contributed by atoms with Crippen LogP contribution in [0.4, 0.5) is 5.69 Å². The quantitative estimate of drug-likeness (QED) is 0.759. The van der Waals surface area contributed by atoms with Gasteiger partial charge >= 0.3 is 0 Å². The summed E-state index contributed by atoms with van der Waals surface area (Å²) in [6.45, 7) is 7.51. The van der Waals surface area contributed by atoms with Crippen LogP contribution < -0.4 is 5.32 Å². The second-order valence-corrected chi connectivity index (χ2v) is 8.14. The van der Waals surface area contributed by atoms with E-state index in [0.29, 0.717) is 15.6 Å². The van der Waals surface area contributed by atoms with Crippen LogP contribution in [0.5, 0.6) is 0 Å². The van der Waals surface area contributed by atoms with Gasteiger partial charge in [-0.2, -0.15) is 0 Å². The molecular weight excluding hydrogens is 409 g/mol. The van der Waals surface area contributed by atoms with Gasteiger partial charge in [-0.15, -0.1) is 0 Å². The third-order valence-corrected chi connectivity index (χ3v) is 5.93. The number of anilines is 1. The van der Waals surface area contributed by atoms with E-state index in [1.54, 1.807) is 32.0 Å². The van der Waals surface area contributed by atoms with Crippen LogP contribution in [0, 0.1) is 0 Å². The molecule has 5 nitrogen and oxygen atoms in total. The Morgan fingerprint density at radius 3 is 2.14 bits per heavy atom. The summed E-state index contributed by atoms with van der Waals surface area (Å²) in [7, 11) is 0. The maximum atomic E-state index is 12.6. The number of benzene rings is 2. The minimum Gasteiger partial charge on any atom is -0.340 e. The van der Waals surface area contributed by atoms with Crippen molar-refractivity contribution in [3.63, 3.8) is 0 Å². The molecule has 0 bridgehead atoms. The molecule has 1 unspecified atom stereocenters. The van der Waals surface area contributed by atoms with Gasteiger partial charge < -0.3 is 10.2 Å². The smallest absolute Gasteiger partial charge is 0.231 e. The van der Waals surface area contributed by atoms with Gasteiger partial charge in [0, 0.05) is 60.9 Å². The fraction of sp³-hybridized carbons (Fsp3) is 0.364. The van der Waals surface area contributed by atoms with Crippen molar-refractivity contribution in [3.05, 3.63) is 63.6 Å². The maximum Gasteiger partial charge on any atom is 0.231 e. The van der Waals surface area contributed by atoms with Crippen LogP contribution in [-0.2, 0) is 16.1 Å². The van der Waals surface area contributed by atoms with Crippen LogP contribution in [0.3, 0.4) is 0 Å². The SMILES string of the molecule is CC(=O)N1CCN(Cc2ccc(NC(=O)C(C)c3c(Cl)cccc3Cl)cc2)CC1. The van der Waals surface area contributed by atoms with E-state index < -0.39 is 5.92 Å². The number of piperazine rings is 1. The first-order chi connectivity index (χ1) is 13.8. The van der Waals surface area contributed by atoms with E-state index in [0.717, 1.165) is 38.4 Å². The van der Waals surface area contributed by atoms with Crippen molar-refractivity contribution < 1.29 is 9.59 Å². The van der Waals surface area contributed by atoms with Crippen LogP contribution >= 0.6 is 23.2 Å². The Bertz CT molecular complexity index is 858. The molecule has 2 amide bonds. The molecule has 7 heteroatoms. The molecule has 3 rings (SSSR count). The van der Waals surface area contributed by atoms with Crippen molar-refractivity contribution in [1.82, 2.24) is 9.80 Å². The average molecular weight is 434 g/mol. The fourth-order valence-corrected chi connectivity index (χ4v) is 4.20. The molecule has 1 fully saturated rings. The van der Waals surface area contributed by atoms with Gasteiger partial charge in [0.1, 0.15) is 0 Å². The Morgan fingerprint density at radius 2 is 1.59 bits per heavy atom. The summed E-state index contributed by atoms with van der Waals surface area (Å²) in [5, 5.41) is 3.90. The zero-order chi connectivity index (χ0) is 21.0. The van der Waals surface area contributed by atoms with Gasteiger partial charge in [-0.25, -0.2) is 0 Å². The van der Waals surface area contributed by atoms with Crippen molar-refractivity contribution >= 4 is 40.7 Å². The number of carbonyl (C=O) groups excluding carboxylic acids is 2. The van der Waals surface area contributed by atoms with E-state index in [1.165, 1.54) is 5.56 Å². The maximum absolute atomic E-state index is 12.6. The predicted octanol–water partition coefficient (Wildman–Crippen LogP) is 4.40. The highest BCUT2D eigenvalue weighted by atomic mass is 35.5. The number of hydrogen-bond acceptors (Lipinski definition) is 3. The Morgan fingerprint density at radius 1 is 1.00 bits per heavy atom. The lowest BCUT2D eigenvalue weighted by molar-refractivity contribution is -0.130. The molecule has 1 aliphatic rings. The predicted molar refractivity (Wildman–Crippen MR) is 117 cm³/mol. The topological polar surface area (TPSA) is 52.7 Å². The zero-order valence-corrected chi connectivity index (χ0v) is 18.1. The summed E-state index contributed by atoms with van der Waals surface area (Å²) in [5.74, 6) is -0.487. The highest BCUT2D eigenvalue weighted by Gasteiger charge is 2.21. The van der Waals surface area contributed by atoms with E-state index in [4.69, 9.17) is 23.2 Å². The lowest BCUT2D eigenvalue weighted by Gasteiger charge is -2.34. The van der Waals surface area contributed by atoms with Crippen molar-refractivity contribution in [3.8, 4) is 0 Å². The normalized spacial score (nSPS) is 15.8. The average Bonchev–Trinajstić information content (AvgIpc) is 2.69. The van der Waals surface area contributed by atoms with Gasteiger partial charge in [0.25, 0.3) is 0 Å². The molecule has 154 valence electrons. The number of carbonyl (C=O) groups is 2. The summed E-state index contributed by atoms with van der Waals surface area (Å²) in [5.41, 5.74) is 2.53. The van der Waals surface area contributed by atoms with Crippen molar-refractivity contribution in [2.75, 3.05) is 31.5 Å². The number of amides is 2. The number of hydrogen-bond donors (Lipinski definition) is 1. The van der Waals surface area contributed by atoms with Crippen LogP contribution in [0.15, 0.2) is 42.5 Å². The third-order valence-electron chi connectivity index (χ3n) is 5.27. The molecule has 1 heterocycles.